The molecular formula is C17H16F3NS. The quantitative estimate of drug-likeness (QED) is 0.629. The predicted octanol–water partition coefficient (Wildman–Crippen LogP) is 5.51. The Morgan fingerprint density at radius 2 is 1.86 bits per heavy atom. The minimum Gasteiger partial charge on any atom is -0.359 e. The van der Waals surface area contributed by atoms with Crippen LogP contribution in [0.4, 0.5) is 18.9 Å². The molecule has 22 heavy (non-hydrogen) atoms. The van der Waals surface area contributed by atoms with Gasteiger partial charge in [0.1, 0.15) is 5.25 Å². The van der Waals surface area contributed by atoms with E-state index in [9.17, 15) is 13.2 Å². The van der Waals surface area contributed by atoms with Gasteiger partial charge in [-0.3, -0.25) is 0 Å². The van der Waals surface area contributed by atoms with Crippen molar-refractivity contribution in [1.82, 2.24) is 0 Å². The van der Waals surface area contributed by atoms with Crippen LogP contribution in [0, 0.1) is 0 Å². The molecule has 0 aliphatic carbocycles. The molecule has 0 bridgehead atoms. The van der Waals surface area contributed by atoms with E-state index in [4.69, 9.17) is 0 Å². The van der Waals surface area contributed by atoms with E-state index in [0.29, 0.717) is 5.56 Å². The lowest BCUT2D eigenvalue weighted by molar-refractivity contribution is -0.130. The molecule has 116 valence electrons. The normalized spacial score (nSPS) is 25.0. The Bertz CT molecular complexity index is 713. The highest BCUT2D eigenvalue weighted by Gasteiger charge is 2.48. The zero-order valence-corrected chi connectivity index (χ0v) is 12.8. The summed E-state index contributed by atoms with van der Waals surface area (Å²) in [5.41, 5.74) is 1.23. The van der Waals surface area contributed by atoms with Gasteiger partial charge in [-0.2, -0.15) is 13.2 Å². The van der Waals surface area contributed by atoms with Crippen molar-refractivity contribution in [3.05, 3.63) is 42.0 Å². The first kappa shape index (κ1) is 14.2. The highest BCUT2D eigenvalue weighted by atomic mass is 32.2. The molecule has 0 amide bonds. The summed E-state index contributed by atoms with van der Waals surface area (Å²) in [5.74, 6) is 0. The summed E-state index contributed by atoms with van der Waals surface area (Å²) in [6.45, 7) is 0.850. The van der Waals surface area contributed by atoms with E-state index in [1.54, 1.807) is 6.07 Å². The molecule has 2 aliphatic rings. The average Bonchev–Trinajstić information content (AvgIpc) is 2.52. The highest BCUT2D eigenvalue weighted by molar-refractivity contribution is 8.00. The Morgan fingerprint density at radius 1 is 1.05 bits per heavy atom. The molecule has 2 aliphatic heterocycles. The number of alkyl halides is 3. The maximum Gasteiger partial charge on any atom is 0.404 e. The zero-order chi connectivity index (χ0) is 15.3. The summed E-state index contributed by atoms with van der Waals surface area (Å²) >= 11 is 1.07. The van der Waals surface area contributed by atoms with Crippen LogP contribution >= 0.6 is 11.8 Å². The van der Waals surface area contributed by atoms with Crippen molar-refractivity contribution in [3.8, 4) is 0 Å². The van der Waals surface area contributed by atoms with Gasteiger partial charge in [0.25, 0.3) is 0 Å². The topological polar surface area (TPSA) is 3.24 Å². The molecule has 0 saturated carbocycles. The van der Waals surface area contributed by atoms with Crippen molar-refractivity contribution in [1.29, 1.82) is 0 Å². The van der Waals surface area contributed by atoms with Crippen molar-refractivity contribution in [2.75, 3.05) is 11.4 Å². The van der Waals surface area contributed by atoms with Crippen LogP contribution in [0.3, 0.4) is 0 Å². The maximum atomic E-state index is 13.5. The molecule has 4 rings (SSSR count). The summed E-state index contributed by atoms with van der Waals surface area (Å²) in [4.78, 5) is 2.20. The second kappa shape index (κ2) is 5.08. The van der Waals surface area contributed by atoms with Crippen LogP contribution in [-0.4, -0.2) is 18.1 Å². The second-order valence-corrected chi connectivity index (χ2v) is 7.21. The summed E-state index contributed by atoms with van der Waals surface area (Å²) in [7, 11) is 0. The Kier molecular flexibility index (Phi) is 3.29. The van der Waals surface area contributed by atoms with Crippen LogP contribution in [0.15, 0.2) is 36.4 Å². The van der Waals surface area contributed by atoms with E-state index in [0.717, 1.165) is 54.0 Å². The first-order valence-corrected chi connectivity index (χ1v) is 8.50. The number of thioether (sulfide) groups is 1. The minimum absolute atomic E-state index is 0.0568. The molecule has 0 N–H and O–H groups in total. The zero-order valence-electron chi connectivity index (χ0n) is 11.9. The van der Waals surface area contributed by atoms with Gasteiger partial charge in [0.15, 0.2) is 0 Å². The lowest BCUT2D eigenvalue weighted by atomic mass is 9.98. The Balaban J connectivity index is 1.97. The number of hydrogen-bond acceptors (Lipinski definition) is 2. The smallest absolute Gasteiger partial charge is 0.359 e. The molecule has 2 aromatic carbocycles. The highest BCUT2D eigenvalue weighted by Crippen LogP contribution is 2.56. The van der Waals surface area contributed by atoms with Crippen LogP contribution in [-0.2, 0) is 0 Å². The van der Waals surface area contributed by atoms with E-state index in [1.165, 1.54) is 0 Å². The van der Waals surface area contributed by atoms with Crippen LogP contribution in [0.2, 0.25) is 0 Å². The summed E-state index contributed by atoms with van der Waals surface area (Å²) in [6, 6.07) is 11.3. The van der Waals surface area contributed by atoms with Crippen LogP contribution in [0.1, 0.15) is 30.1 Å². The summed E-state index contributed by atoms with van der Waals surface area (Å²) in [6.07, 6.45) is -1.30. The van der Waals surface area contributed by atoms with Gasteiger partial charge >= 0.3 is 6.18 Å². The molecular weight excluding hydrogens is 307 g/mol. The third-order valence-electron chi connectivity index (χ3n) is 4.54. The number of nitrogens with zero attached hydrogens (tertiary/aromatic N) is 1. The fourth-order valence-corrected chi connectivity index (χ4v) is 5.05. The Hall–Kier alpha value is -1.36. The number of rotatable bonds is 0. The van der Waals surface area contributed by atoms with Crippen molar-refractivity contribution in [2.45, 2.75) is 36.1 Å². The fraction of sp³-hybridized carbons (Fsp3) is 0.412. The number of benzene rings is 2. The van der Waals surface area contributed by atoms with Gasteiger partial charge < -0.3 is 4.90 Å². The van der Waals surface area contributed by atoms with E-state index in [-0.39, 0.29) is 5.37 Å². The third kappa shape index (κ3) is 2.18. The molecule has 1 nitrogen and oxygen atoms in total. The SMILES string of the molecule is FC(F)(F)C1SC2CCCCN2c2c1ccc1ccccc21. The molecule has 2 unspecified atom stereocenters. The second-order valence-electron chi connectivity index (χ2n) is 5.93. The van der Waals surface area contributed by atoms with E-state index in [2.05, 4.69) is 4.90 Å². The standard InChI is InChI=1S/C17H16F3NS/c18-17(19,20)16-13-9-8-11-5-1-2-6-12(11)15(13)21-10-4-3-7-14(21)22-16/h1-2,5-6,8-9,14,16H,3-4,7,10H2. The predicted molar refractivity (Wildman–Crippen MR) is 85.3 cm³/mol. The van der Waals surface area contributed by atoms with Gasteiger partial charge in [-0.1, -0.05) is 36.4 Å². The van der Waals surface area contributed by atoms with Gasteiger partial charge in [0.05, 0.1) is 11.1 Å². The first-order valence-electron chi connectivity index (χ1n) is 7.56. The molecule has 2 heterocycles. The Morgan fingerprint density at radius 3 is 2.68 bits per heavy atom. The number of anilines is 1. The van der Waals surface area contributed by atoms with Gasteiger partial charge in [0, 0.05) is 11.9 Å². The molecule has 2 aromatic rings. The van der Waals surface area contributed by atoms with Crippen LogP contribution in [0.25, 0.3) is 10.8 Å². The van der Waals surface area contributed by atoms with Gasteiger partial charge in [-0.15, -0.1) is 11.8 Å². The number of halogens is 3. The van der Waals surface area contributed by atoms with Gasteiger partial charge in [0.2, 0.25) is 0 Å². The molecule has 0 radical (unpaired) electrons. The summed E-state index contributed by atoms with van der Waals surface area (Å²) < 4.78 is 40.6. The average molecular weight is 323 g/mol. The fourth-order valence-electron chi connectivity index (χ4n) is 3.59. The van der Waals surface area contributed by atoms with E-state index in [1.807, 2.05) is 30.3 Å². The molecule has 1 fully saturated rings. The molecule has 0 aromatic heterocycles. The van der Waals surface area contributed by atoms with Crippen LogP contribution < -0.4 is 4.90 Å². The number of hydrogen-bond donors (Lipinski definition) is 0. The maximum absolute atomic E-state index is 13.5. The van der Waals surface area contributed by atoms with Crippen molar-refractivity contribution in [3.63, 3.8) is 0 Å². The minimum atomic E-state index is -4.20. The molecule has 5 heteroatoms. The number of piperidine rings is 1. The lowest BCUT2D eigenvalue weighted by Gasteiger charge is -2.45. The van der Waals surface area contributed by atoms with Crippen molar-refractivity contribution >= 4 is 28.2 Å². The monoisotopic (exact) mass is 323 g/mol. The largest absolute Gasteiger partial charge is 0.404 e. The van der Waals surface area contributed by atoms with Crippen molar-refractivity contribution in [2.24, 2.45) is 0 Å². The lowest BCUT2D eigenvalue weighted by Crippen LogP contribution is -2.43. The Labute approximate surface area is 131 Å². The van der Waals surface area contributed by atoms with Crippen molar-refractivity contribution < 1.29 is 13.2 Å². The molecule has 0 spiro atoms. The number of fused-ring (bicyclic) bond motifs is 5. The molecule has 1 saturated heterocycles. The van der Waals surface area contributed by atoms with Crippen LogP contribution in [0.5, 0.6) is 0 Å². The molecule has 2 atom stereocenters. The van der Waals surface area contributed by atoms with E-state index >= 15 is 0 Å². The van der Waals surface area contributed by atoms with Gasteiger partial charge in [-0.25, -0.2) is 0 Å². The third-order valence-corrected chi connectivity index (χ3v) is 6.14. The first-order chi connectivity index (χ1) is 10.6. The van der Waals surface area contributed by atoms with Gasteiger partial charge in [-0.05, 0) is 30.2 Å². The van der Waals surface area contributed by atoms with E-state index < -0.39 is 11.4 Å². The summed E-state index contributed by atoms with van der Waals surface area (Å²) in [5, 5.41) is 0.491.